The zero-order valence-electron chi connectivity index (χ0n) is 9.26. The molecular weight excluding hydrogens is 237 g/mol. The van der Waals surface area contributed by atoms with Gasteiger partial charge in [-0.1, -0.05) is 6.07 Å². The van der Waals surface area contributed by atoms with Gasteiger partial charge in [-0.2, -0.15) is 0 Å². The van der Waals surface area contributed by atoms with Gasteiger partial charge in [0.25, 0.3) is 5.69 Å². The maximum atomic E-state index is 13.0. The van der Waals surface area contributed by atoms with Crippen LogP contribution in [-0.4, -0.2) is 4.92 Å². The third-order valence-electron chi connectivity index (χ3n) is 2.35. The van der Waals surface area contributed by atoms with Crippen LogP contribution in [0.2, 0.25) is 0 Å². The smallest absolute Gasteiger partial charge is 0.271 e. The van der Waals surface area contributed by atoms with Gasteiger partial charge in [-0.25, -0.2) is 4.39 Å². The lowest BCUT2D eigenvalue weighted by Gasteiger charge is -2.08. The van der Waals surface area contributed by atoms with Crippen LogP contribution in [0.1, 0.15) is 0 Å². The van der Waals surface area contributed by atoms with E-state index in [4.69, 9.17) is 5.73 Å². The molecule has 0 fully saturated rings. The molecule has 0 aromatic heterocycles. The summed E-state index contributed by atoms with van der Waals surface area (Å²) in [6.07, 6.45) is 0. The summed E-state index contributed by atoms with van der Waals surface area (Å²) in [6, 6.07) is 9.92. The number of nitrogens with two attached hydrogens (primary N) is 1. The Morgan fingerprint density at radius 1 is 1.22 bits per heavy atom. The van der Waals surface area contributed by atoms with Crippen molar-refractivity contribution in [1.82, 2.24) is 0 Å². The first-order valence-electron chi connectivity index (χ1n) is 5.13. The molecule has 0 spiro atoms. The van der Waals surface area contributed by atoms with Crippen molar-refractivity contribution in [1.29, 1.82) is 0 Å². The molecule has 0 heterocycles. The zero-order chi connectivity index (χ0) is 13.1. The van der Waals surface area contributed by atoms with Crippen molar-refractivity contribution in [3.63, 3.8) is 0 Å². The average Bonchev–Trinajstić information content (AvgIpc) is 2.31. The summed E-state index contributed by atoms with van der Waals surface area (Å²) < 4.78 is 13.0. The van der Waals surface area contributed by atoms with E-state index < -0.39 is 4.92 Å². The first-order valence-corrected chi connectivity index (χ1v) is 5.13. The number of nitro benzene ring substituents is 1. The number of nitrogens with zero attached hydrogens (tertiary/aromatic N) is 1. The summed E-state index contributed by atoms with van der Waals surface area (Å²) in [7, 11) is 0. The van der Waals surface area contributed by atoms with Gasteiger partial charge in [0.1, 0.15) is 5.82 Å². The Bertz CT molecular complexity index is 602. The highest BCUT2D eigenvalue weighted by atomic mass is 19.1. The zero-order valence-corrected chi connectivity index (χ0v) is 9.26. The van der Waals surface area contributed by atoms with Gasteiger partial charge in [-0.3, -0.25) is 10.1 Å². The van der Waals surface area contributed by atoms with Crippen molar-refractivity contribution in [3.05, 3.63) is 58.4 Å². The number of benzene rings is 2. The van der Waals surface area contributed by atoms with Gasteiger partial charge in [-0.15, -0.1) is 0 Å². The van der Waals surface area contributed by atoms with Gasteiger partial charge in [0.05, 0.1) is 16.3 Å². The number of non-ortho nitro benzene ring substituents is 1. The number of rotatable bonds is 3. The van der Waals surface area contributed by atoms with Crippen LogP contribution >= 0.6 is 0 Å². The van der Waals surface area contributed by atoms with E-state index in [1.165, 1.54) is 30.3 Å². The van der Waals surface area contributed by atoms with Crippen LogP contribution in [0.4, 0.5) is 27.1 Å². The van der Waals surface area contributed by atoms with E-state index in [2.05, 4.69) is 5.32 Å². The van der Waals surface area contributed by atoms with E-state index in [-0.39, 0.29) is 17.2 Å². The molecule has 0 aliphatic rings. The molecule has 92 valence electrons. The van der Waals surface area contributed by atoms with Crippen LogP contribution < -0.4 is 11.1 Å². The fourth-order valence-electron chi connectivity index (χ4n) is 1.50. The van der Waals surface area contributed by atoms with E-state index in [9.17, 15) is 14.5 Å². The van der Waals surface area contributed by atoms with Crippen LogP contribution in [0.25, 0.3) is 0 Å². The normalized spacial score (nSPS) is 10.1. The summed E-state index contributed by atoms with van der Waals surface area (Å²) in [5, 5.41) is 13.4. The molecule has 2 aromatic rings. The van der Waals surface area contributed by atoms with Crippen molar-refractivity contribution in [2.24, 2.45) is 0 Å². The highest BCUT2D eigenvalue weighted by Gasteiger charge is 2.08. The molecule has 6 heteroatoms. The monoisotopic (exact) mass is 247 g/mol. The Hall–Kier alpha value is -2.63. The molecule has 0 bridgehead atoms. The van der Waals surface area contributed by atoms with E-state index in [1.54, 1.807) is 12.1 Å². The topological polar surface area (TPSA) is 81.2 Å². The van der Waals surface area contributed by atoms with Gasteiger partial charge < -0.3 is 11.1 Å². The molecule has 0 atom stereocenters. The van der Waals surface area contributed by atoms with Crippen molar-refractivity contribution in [3.8, 4) is 0 Å². The molecule has 0 unspecified atom stereocenters. The molecule has 2 rings (SSSR count). The second-order valence-corrected chi connectivity index (χ2v) is 3.66. The predicted octanol–water partition coefficient (Wildman–Crippen LogP) is 3.06. The second kappa shape index (κ2) is 4.70. The average molecular weight is 247 g/mol. The highest BCUT2D eigenvalue weighted by molar-refractivity contribution is 5.74. The van der Waals surface area contributed by atoms with Gasteiger partial charge in [0, 0.05) is 17.8 Å². The van der Waals surface area contributed by atoms with Crippen molar-refractivity contribution in [2.75, 3.05) is 11.1 Å². The molecule has 0 saturated carbocycles. The molecule has 3 N–H and O–H groups in total. The third-order valence-corrected chi connectivity index (χ3v) is 2.35. The Kier molecular flexibility index (Phi) is 3.09. The Balaban J connectivity index is 2.27. The number of nitro groups is 1. The van der Waals surface area contributed by atoms with E-state index in [0.717, 1.165) is 0 Å². The van der Waals surface area contributed by atoms with E-state index in [0.29, 0.717) is 11.4 Å². The SMILES string of the molecule is Nc1cc([N+](=O)[O-])ccc1Nc1cccc(F)c1. The fourth-order valence-corrected chi connectivity index (χ4v) is 1.50. The minimum atomic E-state index is -0.525. The number of hydrogen-bond donors (Lipinski definition) is 2. The summed E-state index contributed by atoms with van der Waals surface area (Å²) >= 11 is 0. The second-order valence-electron chi connectivity index (χ2n) is 3.66. The van der Waals surface area contributed by atoms with Crippen molar-refractivity contribution < 1.29 is 9.31 Å². The lowest BCUT2D eigenvalue weighted by atomic mass is 10.2. The summed E-state index contributed by atoms with van der Waals surface area (Å²) in [6.45, 7) is 0. The maximum absolute atomic E-state index is 13.0. The molecule has 0 radical (unpaired) electrons. The predicted molar refractivity (Wildman–Crippen MR) is 67.2 cm³/mol. The van der Waals surface area contributed by atoms with Gasteiger partial charge in [0.2, 0.25) is 0 Å². The van der Waals surface area contributed by atoms with Crippen LogP contribution in [0.5, 0.6) is 0 Å². The Morgan fingerprint density at radius 2 is 2.00 bits per heavy atom. The minimum Gasteiger partial charge on any atom is -0.397 e. The molecule has 0 saturated heterocycles. The number of nitrogen functional groups attached to an aromatic ring is 1. The molecule has 5 nitrogen and oxygen atoms in total. The molecule has 18 heavy (non-hydrogen) atoms. The largest absolute Gasteiger partial charge is 0.397 e. The number of halogens is 1. The molecule has 2 aromatic carbocycles. The summed E-state index contributed by atoms with van der Waals surface area (Å²) in [4.78, 5) is 10.0. The van der Waals surface area contributed by atoms with Crippen molar-refractivity contribution >= 4 is 22.7 Å². The van der Waals surface area contributed by atoms with Crippen LogP contribution in [-0.2, 0) is 0 Å². The molecule has 0 aliphatic heterocycles. The maximum Gasteiger partial charge on any atom is 0.271 e. The van der Waals surface area contributed by atoms with Crippen LogP contribution in [0.15, 0.2) is 42.5 Å². The Labute approximate surface area is 102 Å². The lowest BCUT2D eigenvalue weighted by Crippen LogP contribution is -1.98. The molecule has 0 aliphatic carbocycles. The van der Waals surface area contributed by atoms with Gasteiger partial charge in [-0.05, 0) is 24.3 Å². The number of anilines is 3. The van der Waals surface area contributed by atoms with Gasteiger partial charge >= 0.3 is 0 Å². The van der Waals surface area contributed by atoms with Crippen molar-refractivity contribution in [2.45, 2.75) is 0 Å². The standard InChI is InChI=1S/C12H10FN3O2/c13-8-2-1-3-9(6-8)15-12-5-4-10(16(17)18)7-11(12)14/h1-7,15H,14H2. The lowest BCUT2D eigenvalue weighted by molar-refractivity contribution is -0.384. The van der Waals surface area contributed by atoms with E-state index >= 15 is 0 Å². The first-order chi connectivity index (χ1) is 8.56. The summed E-state index contributed by atoms with van der Waals surface area (Å²) in [5.74, 6) is -0.375. The van der Waals surface area contributed by atoms with Crippen LogP contribution in [0, 0.1) is 15.9 Å². The highest BCUT2D eigenvalue weighted by Crippen LogP contribution is 2.27. The molecular formula is C12H10FN3O2. The quantitative estimate of drug-likeness (QED) is 0.496. The van der Waals surface area contributed by atoms with Gasteiger partial charge in [0.15, 0.2) is 0 Å². The first kappa shape index (κ1) is 11.8. The fraction of sp³-hybridized carbons (Fsp3) is 0. The Morgan fingerprint density at radius 3 is 2.61 bits per heavy atom. The molecule has 0 amide bonds. The summed E-state index contributed by atoms with van der Waals surface area (Å²) in [5.41, 5.74) is 6.84. The third kappa shape index (κ3) is 2.54. The van der Waals surface area contributed by atoms with E-state index in [1.807, 2.05) is 0 Å². The number of hydrogen-bond acceptors (Lipinski definition) is 4. The van der Waals surface area contributed by atoms with Crippen LogP contribution in [0.3, 0.4) is 0 Å². The number of nitrogens with one attached hydrogen (secondary N) is 1. The minimum absolute atomic E-state index is 0.0858.